The Bertz CT molecular complexity index is 722. The summed E-state index contributed by atoms with van der Waals surface area (Å²) in [5.74, 6) is -0.776. The molecule has 0 bridgehead atoms. The van der Waals surface area contributed by atoms with Crippen molar-refractivity contribution in [1.82, 2.24) is 10.3 Å². The maximum Gasteiger partial charge on any atom is 0.270 e. The van der Waals surface area contributed by atoms with E-state index in [2.05, 4.69) is 31.5 Å². The Labute approximate surface area is 141 Å². The summed E-state index contributed by atoms with van der Waals surface area (Å²) in [5, 5.41) is 5.61. The van der Waals surface area contributed by atoms with Gasteiger partial charge < -0.3 is 10.6 Å². The first-order valence-electron chi connectivity index (χ1n) is 6.41. The van der Waals surface area contributed by atoms with Crippen LogP contribution in [0.3, 0.4) is 0 Å². The monoisotopic (exact) mass is 381 g/mol. The molecular formula is C15H13BrClN3O2. The largest absolute Gasteiger partial charge is 0.342 e. The summed E-state index contributed by atoms with van der Waals surface area (Å²) in [5.41, 5.74) is 1.84. The van der Waals surface area contributed by atoms with E-state index in [-0.39, 0.29) is 18.1 Å². The fraction of sp³-hybridized carbons (Fsp3) is 0.133. The average molecular weight is 383 g/mol. The lowest BCUT2D eigenvalue weighted by molar-refractivity contribution is -0.115. The summed E-state index contributed by atoms with van der Waals surface area (Å²) in [6.45, 7) is 1.77. The summed E-state index contributed by atoms with van der Waals surface area (Å²) < 4.78 is 0.964. The summed E-state index contributed by atoms with van der Waals surface area (Å²) >= 11 is 9.17. The smallest absolute Gasteiger partial charge is 0.270 e. The van der Waals surface area contributed by atoms with Crippen LogP contribution >= 0.6 is 27.5 Å². The lowest BCUT2D eigenvalue weighted by atomic mass is 10.2. The number of hydrogen-bond acceptors (Lipinski definition) is 3. The number of halogens is 2. The molecule has 0 atom stereocenters. The zero-order valence-corrected chi connectivity index (χ0v) is 14.0. The van der Waals surface area contributed by atoms with E-state index in [1.807, 2.05) is 19.1 Å². The Hall–Kier alpha value is -1.92. The van der Waals surface area contributed by atoms with Crippen LogP contribution in [0.5, 0.6) is 0 Å². The minimum atomic E-state index is -0.454. The molecule has 2 rings (SSSR count). The first kappa shape index (κ1) is 16.5. The molecule has 0 aliphatic rings. The van der Waals surface area contributed by atoms with Gasteiger partial charge in [0.25, 0.3) is 5.91 Å². The Morgan fingerprint density at radius 1 is 1.27 bits per heavy atom. The van der Waals surface area contributed by atoms with Crippen molar-refractivity contribution >= 4 is 45.0 Å². The van der Waals surface area contributed by atoms with Crippen molar-refractivity contribution in [3.05, 3.63) is 57.3 Å². The molecule has 2 aromatic rings. The third kappa shape index (κ3) is 4.54. The number of benzene rings is 1. The van der Waals surface area contributed by atoms with E-state index in [4.69, 9.17) is 11.6 Å². The first-order chi connectivity index (χ1) is 10.5. The van der Waals surface area contributed by atoms with Crippen LogP contribution in [0.1, 0.15) is 16.1 Å². The van der Waals surface area contributed by atoms with Gasteiger partial charge in [-0.15, -0.1) is 0 Å². The zero-order chi connectivity index (χ0) is 16.1. The molecule has 0 fully saturated rings. The molecule has 1 aromatic carbocycles. The quantitative estimate of drug-likeness (QED) is 0.853. The Balaban J connectivity index is 1.90. The molecule has 1 heterocycles. The molecule has 0 saturated carbocycles. The number of pyridine rings is 1. The molecule has 1 aromatic heterocycles. The second-order valence-corrected chi connectivity index (χ2v) is 5.84. The van der Waals surface area contributed by atoms with Gasteiger partial charge in [-0.1, -0.05) is 27.5 Å². The number of rotatable bonds is 4. The van der Waals surface area contributed by atoms with Gasteiger partial charge in [0, 0.05) is 21.4 Å². The van der Waals surface area contributed by atoms with Gasteiger partial charge in [-0.25, -0.2) is 0 Å². The van der Waals surface area contributed by atoms with Gasteiger partial charge in [0.1, 0.15) is 5.69 Å². The van der Waals surface area contributed by atoms with Gasteiger partial charge in [-0.2, -0.15) is 0 Å². The van der Waals surface area contributed by atoms with Crippen molar-refractivity contribution < 1.29 is 9.59 Å². The van der Waals surface area contributed by atoms with Crippen molar-refractivity contribution in [2.45, 2.75) is 6.92 Å². The number of aryl methyl sites for hydroxylation is 1. The number of nitrogens with one attached hydrogen (secondary N) is 2. The molecule has 7 heteroatoms. The lowest BCUT2D eigenvalue weighted by Crippen LogP contribution is -2.33. The van der Waals surface area contributed by atoms with Gasteiger partial charge in [-0.05, 0) is 42.8 Å². The van der Waals surface area contributed by atoms with E-state index in [1.54, 1.807) is 12.1 Å². The molecule has 0 saturated heterocycles. The Morgan fingerprint density at radius 3 is 2.73 bits per heavy atom. The van der Waals surface area contributed by atoms with Crippen molar-refractivity contribution in [3.8, 4) is 0 Å². The van der Waals surface area contributed by atoms with Crippen LogP contribution in [-0.4, -0.2) is 23.3 Å². The van der Waals surface area contributed by atoms with E-state index >= 15 is 0 Å². The predicted molar refractivity (Wildman–Crippen MR) is 89.1 cm³/mol. The molecule has 0 radical (unpaired) electrons. The number of hydrogen-bond donors (Lipinski definition) is 2. The highest BCUT2D eigenvalue weighted by Gasteiger charge is 2.10. The molecular weight excluding hydrogens is 370 g/mol. The summed E-state index contributed by atoms with van der Waals surface area (Å²) in [6.07, 6.45) is 1.43. The van der Waals surface area contributed by atoms with E-state index in [0.717, 1.165) is 10.0 Å². The fourth-order valence-electron chi connectivity index (χ4n) is 1.71. The zero-order valence-electron chi connectivity index (χ0n) is 11.7. The molecule has 0 unspecified atom stereocenters. The van der Waals surface area contributed by atoms with E-state index in [9.17, 15) is 9.59 Å². The summed E-state index contributed by atoms with van der Waals surface area (Å²) in [7, 11) is 0. The van der Waals surface area contributed by atoms with Gasteiger partial charge >= 0.3 is 0 Å². The topological polar surface area (TPSA) is 71.1 Å². The fourth-order valence-corrected chi connectivity index (χ4v) is 2.11. The molecule has 0 aliphatic carbocycles. The standard InChI is InChI=1S/C15H13BrClN3O2/c1-9-6-11(2-3-12(9)16)20-14(21)8-19-15(22)13-7-10(17)4-5-18-13/h2-7H,8H2,1H3,(H,19,22)(H,20,21). The Kier molecular flexibility index (Phi) is 5.51. The van der Waals surface area contributed by atoms with Gasteiger partial charge in [0.05, 0.1) is 6.54 Å². The van der Waals surface area contributed by atoms with Crippen molar-refractivity contribution in [1.29, 1.82) is 0 Å². The highest BCUT2D eigenvalue weighted by molar-refractivity contribution is 9.10. The van der Waals surface area contributed by atoms with Crippen LogP contribution in [0.25, 0.3) is 0 Å². The summed E-state index contributed by atoms with van der Waals surface area (Å²) in [6, 6.07) is 8.46. The Morgan fingerprint density at radius 2 is 2.05 bits per heavy atom. The van der Waals surface area contributed by atoms with Crippen LogP contribution in [0, 0.1) is 6.92 Å². The van der Waals surface area contributed by atoms with Gasteiger partial charge in [-0.3, -0.25) is 14.6 Å². The van der Waals surface area contributed by atoms with Crippen LogP contribution in [0.4, 0.5) is 5.69 Å². The minimum absolute atomic E-state index is 0.151. The molecule has 2 N–H and O–H groups in total. The van der Waals surface area contributed by atoms with Crippen molar-refractivity contribution in [2.75, 3.05) is 11.9 Å². The maximum absolute atomic E-state index is 11.8. The van der Waals surface area contributed by atoms with Crippen LogP contribution in [-0.2, 0) is 4.79 Å². The first-order valence-corrected chi connectivity index (χ1v) is 7.58. The maximum atomic E-state index is 11.8. The van der Waals surface area contributed by atoms with E-state index in [0.29, 0.717) is 10.7 Å². The summed E-state index contributed by atoms with van der Waals surface area (Å²) in [4.78, 5) is 27.6. The second-order valence-electron chi connectivity index (χ2n) is 4.55. The predicted octanol–water partition coefficient (Wildman–Crippen LogP) is 3.17. The minimum Gasteiger partial charge on any atom is -0.342 e. The molecule has 114 valence electrons. The van der Waals surface area contributed by atoms with E-state index < -0.39 is 5.91 Å². The average Bonchev–Trinajstić information content (AvgIpc) is 2.48. The number of aromatic nitrogens is 1. The molecule has 22 heavy (non-hydrogen) atoms. The van der Waals surface area contributed by atoms with Crippen molar-refractivity contribution in [3.63, 3.8) is 0 Å². The lowest BCUT2D eigenvalue weighted by Gasteiger charge is -2.08. The normalized spacial score (nSPS) is 10.1. The molecule has 2 amide bonds. The van der Waals surface area contributed by atoms with Gasteiger partial charge in [0.15, 0.2) is 0 Å². The van der Waals surface area contributed by atoms with Crippen LogP contribution in [0.2, 0.25) is 5.02 Å². The van der Waals surface area contributed by atoms with E-state index in [1.165, 1.54) is 12.3 Å². The van der Waals surface area contributed by atoms with Crippen LogP contribution in [0.15, 0.2) is 41.0 Å². The highest BCUT2D eigenvalue weighted by Crippen LogP contribution is 2.19. The molecule has 0 aliphatic heterocycles. The number of carbonyl (C=O) groups excluding carboxylic acids is 2. The number of carbonyl (C=O) groups is 2. The number of nitrogens with zero attached hydrogens (tertiary/aromatic N) is 1. The third-order valence-electron chi connectivity index (χ3n) is 2.81. The molecule has 5 nitrogen and oxygen atoms in total. The van der Waals surface area contributed by atoms with Crippen molar-refractivity contribution in [2.24, 2.45) is 0 Å². The second kappa shape index (κ2) is 7.38. The van der Waals surface area contributed by atoms with Gasteiger partial charge in [0.2, 0.25) is 5.91 Å². The third-order valence-corrected chi connectivity index (χ3v) is 3.93. The number of amides is 2. The SMILES string of the molecule is Cc1cc(NC(=O)CNC(=O)c2cc(Cl)ccn2)ccc1Br. The van der Waals surface area contributed by atoms with Crippen LogP contribution < -0.4 is 10.6 Å². The highest BCUT2D eigenvalue weighted by atomic mass is 79.9. The number of anilines is 1. The molecule has 0 spiro atoms.